The molecule has 3 amide bonds. The predicted octanol–water partition coefficient (Wildman–Crippen LogP) is 0.174. The first-order valence-electron chi connectivity index (χ1n) is 7.53. The number of nitrogens with one attached hydrogen (secondary N) is 2. The van der Waals surface area contributed by atoms with Crippen LogP contribution in [-0.4, -0.2) is 48.3 Å². The summed E-state index contributed by atoms with van der Waals surface area (Å²) in [6.45, 7) is 1.58. The smallest absolute Gasteiger partial charge is 0.309 e. The molecule has 2 N–H and O–H groups in total. The fourth-order valence-electron chi connectivity index (χ4n) is 2.80. The van der Waals surface area contributed by atoms with Crippen LogP contribution in [0.15, 0.2) is 0 Å². The van der Waals surface area contributed by atoms with E-state index in [1.807, 2.05) is 0 Å². The first-order valence-corrected chi connectivity index (χ1v) is 7.53. The molecule has 0 spiro atoms. The van der Waals surface area contributed by atoms with Gasteiger partial charge in [0.05, 0.1) is 0 Å². The molecule has 2 aliphatic rings. The molecule has 1 saturated carbocycles. The number of amides is 3. The van der Waals surface area contributed by atoms with E-state index >= 15 is 0 Å². The average Bonchev–Trinajstić information content (AvgIpc) is 2.93. The second-order valence-electron chi connectivity index (χ2n) is 5.55. The summed E-state index contributed by atoms with van der Waals surface area (Å²) >= 11 is 0. The average molecular weight is 281 g/mol. The Labute approximate surface area is 119 Å². The van der Waals surface area contributed by atoms with Gasteiger partial charge in [0, 0.05) is 32.1 Å². The van der Waals surface area contributed by atoms with Gasteiger partial charge in [0.25, 0.3) is 0 Å². The summed E-state index contributed by atoms with van der Waals surface area (Å²) < 4.78 is 0. The molecule has 2 rings (SSSR count). The van der Waals surface area contributed by atoms with Crippen molar-refractivity contribution in [2.75, 3.05) is 19.6 Å². The molecule has 20 heavy (non-hydrogen) atoms. The second kappa shape index (κ2) is 7.26. The zero-order chi connectivity index (χ0) is 14.4. The number of likely N-dealkylation sites (tertiary alicyclic amines) is 1. The van der Waals surface area contributed by atoms with Gasteiger partial charge in [0.1, 0.15) is 0 Å². The van der Waals surface area contributed by atoms with E-state index in [0.717, 1.165) is 45.1 Å². The van der Waals surface area contributed by atoms with E-state index < -0.39 is 11.8 Å². The number of piperidine rings is 1. The van der Waals surface area contributed by atoms with Crippen molar-refractivity contribution in [3.8, 4) is 0 Å². The molecule has 6 heteroatoms. The molecule has 0 bridgehead atoms. The maximum Gasteiger partial charge on any atom is 0.309 e. The van der Waals surface area contributed by atoms with Crippen LogP contribution in [0.25, 0.3) is 0 Å². The normalized spacial score (nSPS) is 20.0. The minimum atomic E-state index is -0.596. The lowest BCUT2D eigenvalue weighted by atomic mass is 10.1. The van der Waals surface area contributed by atoms with Crippen molar-refractivity contribution in [2.24, 2.45) is 0 Å². The molecule has 0 unspecified atom stereocenters. The monoisotopic (exact) mass is 281 g/mol. The molecule has 6 nitrogen and oxygen atoms in total. The molecule has 0 atom stereocenters. The van der Waals surface area contributed by atoms with Crippen LogP contribution in [0.1, 0.15) is 44.9 Å². The highest BCUT2D eigenvalue weighted by molar-refractivity contribution is 6.35. The van der Waals surface area contributed by atoms with Gasteiger partial charge in [-0.3, -0.25) is 14.4 Å². The van der Waals surface area contributed by atoms with E-state index in [1.54, 1.807) is 4.90 Å². The van der Waals surface area contributed by atoms with Crippen LogP contribution in [0.2, 0.25) is 0 Å². The molecular weight excluding hydrogens is 258 g/mol. The van der Waals surface area contributed by atoms with Crippen molar-refractivity contribution >= 4 is 17.7 Å². The maximum absolute atomic E-state index is 11.6. The maximum atomic E-state index is 11.6. The van der Waals surface area contributed by atoms with Crippen LogP contribution in [0.5, 0.6) is 0 Å². The van der Waals surface area contributed by atoms with Crippen LogP contribution in [-0.2, 0) is 14.4 Å². The third-order valence-corrected chi connectivity index (χ3v) is 3.99. The molecule has 0 radical (unpaired) electrons. The Kier molecular flexibility index (Phi) is 5.38. The van der Waals surface area contributed by atoms with Crippen LogP contribution >= 0.6 is 0 Å². The van der Waals surface area contributed by atoms with Gasteiger partial charge in [0.15, 0.2) is 0 Å². The largest absolute Gasteiger partial charge is 0.346 e. The Morgan fingerprint density at radius 2 is 1.85 bits per heavy atom. The topological polar surface area (TPSA) is 78.5 Å². The van der Waals surface area contributed by atoms with Gasteiger partial charge in [-0.1, -0.05) is 12.8 Å². The van der Waals surface area contributed by atoms with Gasteiger partial charge >= 0.3 is 11.8 Å². The third kappa shape index (κ3) is 4.21. The van der Waals surface area contributed by atoms with Crippen molar-refractivity contribution < 1.29 is 14.4 Å². The van der Waals surface area contributed by atoms with Crippen molar-refractivity contribution in [1.29, 1.82) is 0 Å². The molecule has 1 heterocycles. The lowest BCUT2D eigenvalue weighted by Crippen LogP contribution is -2.46. The number of hydrogen-bond donors (Lipinski definition) is 2. The fraction of sp³-hybridized carbons (Fsp3) is 0.786. The van der Waals surface area contributed by atoms with Gasteiger partial charge in [0.2, 0.25) is 5.91 Å². The Morgan fingerprint density at radius 1 is 1.10 bits per heavy atom. The van der Waals surface area contributed by atoms with E-state index in [0.29, 0.717) is 19.5 Å². The number of hydrogen-bond acceptors (Lipinski definition) is 3. The summed E-state index contributed by atoms with van der Waals surface area (Å²) in [5.41, 5.74) is 0. The summed E-state index contributed by atoms with van der Waals surface area (Å²) in [4.78, 5) is 36.6. The fourth-order valence-corrected chi connectivity index (χ4v) is 2.80. The molecule has 0 aromatic heterocycles. The Morgan fingerprint density at radius 3 is 2.55 bits per heavy atom. The van der Waals surface area contributed by atoms with Crippen LogP contribution in [0, 0.1) is 0 Å². The SMILES string of the molecule is O=C(NCCN1CCCCC1=O)C(=O)NC1CCCC1. The molecule has 112 valence electrons. The van der Waals surface area contributed by atoms with Crippen LogP contribution in [0.4, 0.5) is 0 Å². The molecule has 2 fully saturated rings. The summed E-state index contributed by atoms with van der Waals surface area (Å²) in [6, 6.07) is 0.150. The zero-order valence-corrected chi connectivity index (χ0v) is 11.8. The van der Waals surface area contributed by atoms with E-state index in [2.05, 4.69) is 10.6 Å². The minimum Gasteiger partial charge on any atom is -0.346 e. The highest BCUT2D eigenvalue weighted by Gasteiger charge is 2.22. The minimum absolute atomic E-state index is 0.140. The molecule has 1 aliphatic carbocycles. The molecule has 0 aromatic carbocycles. The van der Waals surface area contributed by atoms with Crippen molar-refractivity contribution in [3.05, 3.63) is 0 Å². The summed E-state index contributed by atoms with van der Waals surface area (Å²) in [7, 11) is 0. The van der Waals surface area contributed by atoms with Gasteiger partial charge < -0.3 is 15.5 Å². The first-order chi connectivity index (χ1) is 9.66. The molecule has 1 saturated heterocycles. The number of carbonyl (C=O) groups excluding carboxylic acids is 3. The number of nitrogens with zero attached hydrogens (tertiary/aromatic N) is 1. The Hall–Kier alpha value is -1.59. The van der Waals surface area contributed by atoms with E-state index in [-0.39, 0.29) is 11.9 Å². The quantitative estimate of drug-likeness (QED) is 0.721. The van der Waals surface area contributed by atoms with Gasteiger partial charge in [-0.15, -0.1) is 0 Å². The second-order valence-corrected chi connectivity index (χ2v) is 5.55. The zero-order valence-electron chi connectivity index (χ0n) is 11.8. The molecular formula is C14H23N3O3. The van der Waals surface area contributed by atoms with Crippen LogP contribution in [0.3, 0.4) is 0 Å². The molecule has 1 aliphatic heterocycles. The summed E-state index contributed by atoms with van der Waals surface area (Å²) in [6.07, 6.45) is 6.71. The van der Waals surface area contributed by atoms with E-state index in [1.165, 1.54) is 0 Å². The predicted molar refractivity (Wildman–Crippen MR) is 73.8 cm³/mol. The molecule has 0 aromatic rings. The van der Waals surface area contributed by atoms with Gasteiger partial charge in [-0.2, -0.15) is 0 Å². The number of rotatable bonds is 4. The van der Waals surface area contributed by atoms with E-state index in [9.17, 15) is 14.4 Å². The summed E-state index contributed by atoms with van der Waals surface area (Å²) in [5.74, 6) is -1.01. The standard InChI is InChI=1S/C14H23N3O3/c18-12-7-3-4-9-17(12)10-8-15-13(19)14(20)16-11-5-1-2-6-11/h11H,1-10H2,(H,15,19)(H,16,20). The Balaban J connectivity index is 1.63. The van der Waals surface area contributed by atoms with Crippen molar-refractivity contribution in [1.82, 2.24) is 15.5 Å². The van der Waals surface area contributed by atoms with Gasteiger partial charge in [-0.05, 0) is 25.7 Å². The van der Waals surface area contributed by atoms with Crippen molar-refractivity contribution in [3.63, 3.8) is 0 Å². The summed E-state index contributed by atoms with van der Waals surface area (Å²) in [5, 5.41) is 5.32. The highest BCUT2D eigenvalue weighted by Crippen LogP contribution is 2.17. The van der Waals surface area contributed by atoms with Crippen LogP contribution < -0.4 is 10.6 Å². The Bertz CT molecular complexity index is 378. The lowest BCUT2D eigenvalue weighted by molar-refractivity contribution is -0.139. The van der Waals surface area contributed by atoms with Crippen molar-refractivity contribution in [2.45, 2.75) is 51.0 Å². The van der Waals surface area contributed by atoms with E-state index in [4.69, 9.17) is 0 Å². The highest BCUT2D eigenvalue weighted by atomic mass is 16.2. The van der Waals surface area contributed by atoms with Gasteiger partial charge in [-0.25, -0.2) is 0 Å². The lowest BCUT2D eigenvalue weighted by Gasteiger charge is -2.26. The first kappa shape index (κ1) is 14.8. The third-order valence-electron chi connectivity index (χ3n) is 3.99. The number of carbonyl (C=O) groups is 3.